The van der Waals surface area contributed by atoms with Crippen LogP contribution < -0.4 is 10.1 Å². The Morgan fingerprint density at radius 1 is 1.30 bits per heavy atom. The molecule has 3 rings (SSSR count). The Labute approximate surface area is 120 Å². The van der Waals surface area contributed by atoms with Crippen LogP contribution in [0.2, 0.25) is 0 Å². The summed E-state index contributed by atoms with van der Waals surface area (Å²) in [5, 5.41) is 11.2. The van der Waals surface area contributed by atoms with E-state index in [1.807, 2.05) is 41.1 Å². The zero-order valence-corrected chi connectivity index (χ0v) is 11.7. The summed E-state index contributed by atoms with van der Waals surface area (Å²) >= 11 is 1.61. The standard InChI is InChI=1S/C14H13N3O2S/c1-18-12-5-3-2-4-11(12)15-8-13-16-14(17-19-13)10-6-7-20-9-10/h2-7,9,15H,8H2,1H3. The molecule has 1 N–H and O–H groups in total. The lowest BCUT2D eigenvalue weighted by Crippen LogP contribution is -2.01. The zero-order valence-electron chi connectivity index (χ0n) is 10.9. The minimum Gasteiger partial charge on any atom is -0.495 e. The van der Waals surface area contributed by atoms with Crippen LogP contribution in [0.3, 0.4) is 0 Å². The number of hydrogen-bond acceptors (Lipinski definition) is 6. The molecule has 3 aromatic rings. The lowest BCUT2D eigenvalue weighted by molar-refractivity contribution is 0.383. The van der Waals surface area contributed by atoms with Gasteiger partial charge >= 0.3 is 0 Å². The van der Waals surface area contributed by atoms with Gasteiger partial charge in [-0.15, -0.1) is 0 Å². The third kappa shape index (κ3) is 2.65. The summed E-state index contributed by atoms with van der Waals surface area (Å²) in [5.41, 5.74) is 1.87. The lowest BCUT2D eigenvalue weighted by Gasteiger charge is -2.08. The van der Waals surface area contributed by atoms with Crippen molar-refractivity contribution in [2.75, 3.05) is 12.4 Å². The number of nitrogens with one attached hydrogen (secondary N) is 1. The molecule has 5 nitrogen and oxygen atoms in total. The van der Waals surface area contributed by atoms with Gasteiger partial charge in [0.25, 0.3) is 0 Å². The molecule has 0 amide bonds. The molecule has 20 heavy (non-hydrogen) atoms. The van der Waals surface area contributed by atoms with E-state index in [0.29, 0.717) is 18.3 Å². The number of thiophene rings is 1. The van der Waals surface area contributed by atoms with Crippen LogP contribution in [0.4, 0.5) is 5.69 Å². The number of nitrogens with zero attached hydrogens (tertiary/aromatic N) is 2. The molecule has 0 saturated heterocycles. The van der Waals surface area contributed by atoms with Gasteiger partial charge in [0, 0.05) is 10.9 Å². The number of hydrogen-bond donors (Lipinski definition) is 1. The molecule has 0 radical (unpaired) electrons. The van der Waals surface area contributed by atoms with Gasteiger partial charge in [0.05, 0.1) is 19.3 Å². The molecule has 0 saturated carbocycles. The average Bonchev–Trinajstić information content (AvgIpc) is 3.16. The summed E-state index contributed by atoms with van der Waals surface area (Å²) in [6, 6.07) is 9.66. The monoisotopic (exact) mass is 287 g/mol. The van der Waals surface area contributed by atoms with E-state index in [1.54, 1.807) is 18.4 Å². The number of methoxy groups -OCH3 is 1. The fourth-order valence-electron chi connectivity index (χ4n) is 1.80. The molecular formula is C14H13N3O2S. The van der Waals surface area contributed by atoms with Gasteiger partial charge in [-0.05, 0) is 23.6 Å². The van der Waals surface area contributed by atoms with E-state index >= 15 is 0 Å². The molecule has 6 heteroatoms. The number of para-hydroxylation sites is 2. The van der Waals surface area contributed by atoms with Gasteiger partial charge in [-0.3, -0.25) is 0 Å². The van der Waals surface area contributed by atoms with Crippen LogP contribution in [0.15, 0.2) is 45.6 Å². The third-order valence-electron chi connectivity index (χ3n) is 2.78. The van der Waals surface area contributed by atoms with Crippen molar-refractivity contribution >= 4 is 17.0 Å². The Morgan fingerprint density at radius 2 is 2.20 bits per heavy atom. The quantitative estimate of drug-likeness (QED) is 0.779. The van der Waals surface area contributed by atoms with Crippen LogP contribution >= 0.6 is 11.3 Å². The van der Waals surface area contributed by atoms with Crippen molar-refractivity contribution in [2.45, 2.75) is 6.54 Å². The predicted molar refractivity (Wildman–Crippen MR) is 77.9 cm³/mol. The van der Waals surface area contributed by atoms with Crippen LogP contribution in [-0.4, -0.2) is 17.3 Å². The van der Waals surface area contributed by atoms with E-state index in [1.165, 1.54) is 0 Å². The van der Waals surface area contributed by atoms with Crippen LogP contribution in [0, 0.1) is 0 Å². The molecule has 0 aliphatic carbocycles. The summed E-state index contributed by atoms with van der Waals surface area (Å²) in [7, 11) is 1.64. The van der Waals surface area contributed by atoms with Gasteiger partial charge in [0.2, 0.25) is 11.7 Å². The first-order chi connectivity index (χ1) is 9.86. The van der Waals surface area contributed by atoms with E-state index in [0.717, 1.165) is 17.0 Å². The average molecular weight is 287 g/mol. The Balaban J connectivity index is 1.70. The highest BCUT2D eigenvalue weighted by atomic mass is 32.1. The maximum Gasteiger partial charge on any atom is 0.246 e. The molecule has 1 aromatic carbocycles. The number of benzene rings is 1. The second-order valence-electron chi connectivity index (χ2n) is 4.08. The topological polar surface area (TPSA) is 60.2 Å². The van der Waals surface area contributed by atoms with Gasteiger partial charge in [-0.1, -0.05) is 17.3 Å². The minimum atomic E-state index is 0.456. The van der Waals surface area contributed by atoms with E-state index < -0.39 is 0 Å². The van der Waals surface area contributed by atoms with Crippen molar-refractivity contribution < 1.29 is 9.26 Å². The molecule has 0 atom stereocenters. The molecule has 2 heterocycles. The normalized spacial score (nSPS) is 10.4. The van der Waals surface area contributed by atoms with Crippen molar-refractivity contribution in [3.05, 3.63) is 47.0 Å². The maximum atomic E-state index is 5.27. The van der Waals surface area contributed by atoms with Gasteiger partial charge in [-0.2, -0.15) is 16.3 Å². The summed E-state index contributed by atoms with van der Waals surface area (Å²) < 4.78 is 10.5. The Hall–Kier alpha value is -2.34. The van der Waals surface area contributed by atoms with Gasteiger partial charge < -0.3 is 14.6 Å². The van der Waals surface area contributed by atoms with Crippen molar-refractivity contribution in [1.82, 2.24) is 10.1 Å². The number of rotatable bonds is 5. The van der Waals surface area contributed by atoms with E-state index in [-0.39, 0.29) is 0 Å². The maximum absolute atomic E-state index is 5.27. The summed E-state index contributed by atoms with van der Waals surface area (Å²) in [6.45, 7) is 0.456. The highest BCUT2D eigenvalue weighted by molar-refractivity contribution is 7.08. The predicted octanol–water partition coefficient (Wildman–Crippen LogP) is 3.42. The van der Waals surface area contributed by atoms with Gasteiger partial charge in [0.15, 0.2) is 0 Å². The number of aromatic nitrogens is 2. The molecular weight excluding hydrogens is 274 g/mol. The molecule has 0 aliphatic rings. The first-order valence-electron chi connectivity index (χ1n) is 6.09. The second-order valence-corrected chi connectivity index (χ2v) is 4.86. The Kier molecular flexibility index (Phi) is 3.64. The van der Waals surface area contributed by atoms with Crippen molar-refractivity contribution in [3.8, 4) is 17.1 Å². The van der Waals surface area contributed by atoms with Crippen LogP contribution in [0.1, 0.15) is 5.89 Å². The SMILES string of the molecule is COc1ccccc1NCc1nc(-c2ccsc2)no1. The molecule has 0 fully saturated rings. The molecule has 102 valence electrons. The highest BCUT2D eigenvalue weighted by Gasteiger charge is 2.09. The van der Waals surface area contributed by atoms with E-state index in [2.05, 4.69) is 15.5 Å². The Morgan fingerprint density at radius 3 is 3.00 bits per heavy atom. The van der Waals surface area contributed by atoms with Gasteiger partial charge in [0.1, 0.15) is 5.75 Å². The Bertz CT molecular complexity index is 679. The lowest BCUT2D eigenvalue weighted by atomic mass is 10.3. The second kappa shape index (κ2) is 5.75. The third-order valence-corrected chi connectivity index (χ3v) is 3.47. The van der Waals surface area contributed by atoms with Gasteiger partial charge in [-0.25, -0.2) is 0 Å². The first-order valence-corrected chi connectivity index (χ1v) is 7.03. The van der Waals surface area contributed by atoms with Crippen molar-refractivity contribution in [3.63, 3.8) is 0 Å². The molecule has 0 bridgehead atoms. The summed E-state index contributed by atoms with van der Waals surface area (Å²) in [6.07, 6.45) is 0. The highest BCUT2D eigenvalue weighted by Crippen LogP contribution is 2.24. The minimum absolute atomic E-state index is 0.456. The fourth-order valence-corrected chi connectivity index (χ4v) is 2.43. The smallest absolute Gasteiger partial charge is 0.246 e. The van der Waals surface area contributed by atoms with E-state index in [9.17, 15) is 0 Å². The molecule has 0 unspecified atom stereocenters. The van der Waals surface area contributed by atoms with Crippen molar-refractivity contribution in [2.24, 2.45) is 0 Å². The molecule has 0 spiro atoms. The van der Waals surface area contributed by atoms with Crippen LogP contribution in [0.5, 0.6) is 5.75 Å². The summed E-state index contributed by atoms with van der Waals surface area (Å²) in [4.78, 5) is 4.35. The molecule has 0 aliphatic heterocycles. The fraction of sp³-hybridized carbons (Fsp3) is 0.143. The molecule has 2 aromatic heterocycles. The zero-order chi connectivity index (χ0) is 13.8. The number of ether oxygens (including phenoxy) is 1. The van der Waals surface area contributed by atoms with Crippen LogP contribution in [0.25, 0.3) is 11.4 Å². The van der Waals surface area contributed by atoms with Crippen molar-refractivity contribution in [1.29, 1.82) is 0 Å². The largest absolute Gasteiger partial charge is 0.495 e. The van der Waals surface area contributed by atoms with Crippen LogP contribution in [-0.2, 0) is 6.54 Å². The van der Waals surface area contributed by atoms with E-state index in [4.69, 9.17) is 9.26 Å². The first kappa shape index (κ1) is 12.7. The number of anilines is 1. The summed E-state index contributed by atoms with van der Waals surface area (Å²) in [5.74, 6) is 1.94.